The minimum atomic E-state index is -4.71. The second-order valence-corrected chi connectivity index (χ2v) is 5.76. The van der Waals surface area contributed by atoms with Crippen LogP contribution < -0.4 is 5.32 Å². The van der Waals surface area contributed by atoms with Gasteiger partial charge >= 0.3 is 12.1 Å². The van der Waals surface area contributed by atoms with E-state index in [-0.39, 0.29) is 25.2 Å². The number of alkyl halides is 5. The minimum Gasteiger partial charge on any atom is -0.352 e. The number of halogens is 5. The highest BCUT2D eigenvalue weighted by Gasteiger charge is 2.57. The Morgan fingerprint density at radius 1 is 1.28 bits per heavy atom. The molecule has 134 valence electrons. The van der Waals surface area contributed by atoms with E-state index in [1.165, 1.54) is 12.1 Å². The number of carbonyl (C=O) groups excluding carboxylic acids is 1. The minimum absolute atomic E-state index is 0.122. The number of nitrogens with zero attached hydrogens (tertiary/aromatic N) is 2. The van der Waals surface area contributed by atoms with E-state index >= 15 is 0 Å². The molecule has 1 saturated carbocycles. The molecule has 1 amide bonds. The maximum absolute atomic E-state index is 12.7. The molecule has 2 aromatic rings. The number of aromatic nitrogens is 2. The fraction of sp³-hybridized carbons (Fsp3) is 0.400. The molecule has 10 heteroatoms. The summed E-state index contributed by atoms with van der Waals surface area (Å²) in [4.78, 5) is 14.8. The predicted molar refractivity (Wildman–Crippen MR) is 74.3 cm³/mol. The summed E-state index contributed by atoms with van der Waals surface area (Å²) in [5, 5.41) is 5.78. The molecule has 1 aromatic heterocycles. The molecule has 1 atom stereocenters. The lowest BCUT2D eigenvalue weighted by atomic mass is 10.1. The van der Waals surface area contributed by atoms with Crippen molar-refractivity contribution in [2.24, 2.45) is 5.92 Å². The number of nitrogens with one attached hydrogen (secondary N) is 1. The lowest BCUT2D eigenvalue weighted by Crippen LogP contribution is -2.23. The van der Waals surface area contributed by atoms with Crippen LogP contribution in [0.2, 0.25) is 0 Å². The molecule has 0 aliphatic heterocycles. The lowest BCUT2D eigenvalue weighted by Gasteiger charge is -2.05. The number of rotatable bonds is 5. The van der Waals surface area contributed by atoms with Crippen LogP contribution in [0.25, 0.3) is 11.4 Å². The van der Waals surface area contributed by atoms with Gasteiger partial charge in [-0.15, -0.1) is 0 Å². The first-order chi connectivity index (χ1) is 11.6. The number of benzene rings is 1. The molecule has 1 fully saturated rings. The third kappa shape index (κ3) is 4.12. The first kappa shape index (κ1) is 17.3. The molecule has 25 heavy (non-hydrogen) atoms. The summed E-state index contributed by atoms with van der Waals surface area (Å²) in [6, 6.07) is 6.07. The molecule has 1 N–H and O–H groups in total. The van der Waals surface area contributed by atoms with Crippen LogP contribution >= 0.6 is 0 Å². The second kappa shape index (κ2) is 6.08. The molecular formula is C15H12F5N3O2. The topological polar surface area (TPSA) is 68.0 Å². The van der Waals surface area contributed by atoms with Crippen LogP contribution in [0.4, 0.5) is 22.0 Å². The number of carbonyl (C=O) groups is 1. The smallest absolute Gasteiger partial charge is 0.352 e. The highest BCUT2D eigenvalue weighted by Crippen LogP contribution is 2.50. The predicted octanol–water partition coefficient (Wildman–Crippen LogP) is 3.42. The van der Waals surface area contributed by atoms with Crippen LogP contribution in [0, 0.1) is 5.92 Å². The Kier molecular flexibility index (Phi) is 4.21. The molecule has 1 unspecified atom stereocenters. The largest absolute Gasteiger partial charge is 0.471 e. The van der Waals surface area contributed by atoms with Crippen molar-refractivity contribution < 1.29 is 31.3 Å². The van der Waals surface area contributed by atoms with Gasteiger partial charge in [0.1, 0.15) is 0 Å². The van der Waals surface area contributed by atoms with Crippen molar-refractivity contribution in [3.05, 3.63) is 35.7 Å². The summed E-state index contributed by atoms with van der Waals surface area (Å²) in [7, 11) is 0. The van der Waals surface area contributed by atoms with Crippen LogP contribution in [-0.4, -0.2) is 22.0 Å². The zero-order valence-electron chi connectivity index (χ0n) is 12.6. The molecule has 1 heterocycles. The van der Waals surface area contributed by atoms with Crippen molar-refractivity contribution in [1.82, 2.24) is 15.5 Å². The molecule has 1 aliphatic rings. The van der Waals surface area contributed by atoms with Gasteiger partial charge in [0.05, 0.1) is 0 Å². The van der Waals surface area contributed by atoms with Crippen molar-refractivity contribution in [3.8, 4) is 11.4 Å². The van der Waals surface area contributed by atoms with E-state index in [4.69, 9.17) is 0 Å². The highest BCUT2D eigenvalue weighted by molar-refractivity contribution is 5.76. The van der Waals surface area contributed by atoms with Gasteiger partial charge < -0.3 is 9.84 Å². The number of hydrogen-bond donors (Lipinski definition) is 1. The van der Waals surface area contributed by atoms with Gasteiger partial charge in [-0.3, -0.25) is 4.79 Å². The molecule has 1 aliphatic carbocycles. The fourth-order valence-corrected chi connectivity index (χ4v) is 2.22. The van der Waals surface area contributed by atoms with E-state index in [1.807, 2.05) is 0 Å². The SMILES string of the molecule is O=C(CC1CC1(F)F)NCc1ccc(-c2noc(C(F)(F)F)n2)cc1. The molecule has 0 spiro atoms. The van der Waals surface area contributed by atoms with Crippen molar-refractivity contribution >= 4 is 5.91 Å². The highest BCUT2D eigenvalue weighted by atomic mass is 19.4. The Bertz CT molecular complexity index is 770. The molecule has 5 nitrogen and oxygen atoms in total. The van der Waals surface area contributed by atoms with Crippen molar-refractivity contribution in [2.75, 3.05) is 0 Å². The van der Waals surface area contributed by atoms with Gasteiger partial charge in [-0.25, -0.2) is 8.78 Å². The van der Waals surface area contributed by atoms with E-state index in [1.54, 1.807) is 12.1 Å². The first-order valence-corrected chi connectivity index (χ1v) is 7.30. The summed E-state index contributed by atoms with van der Waals surface area (Å²) < 4.78 is 66.9. The Morgan fingerprint density at radius 2 is 1.92 bits per heavy atom. The molecule has 0 radical (unpaired) electrons. The summed E-state index contributed by atoms with van der Waals surface area (Å²) in [6.45, 7) is 0.122. The molecule has 0 saturated heterocycles. The maximum Gasteiger partial charge on any atom is 0.471 e. The van der Waals surface area contributed by atoms with E-state index < -0.39 is 29.8 Å². The van der Waals surface area contributed by atoms with Crippen LogP contribution in [0.1, 0.15) is 24.3 Å². The number of amides is 1. The van der Waals surface area contributed by atoms with E-state index in [9.17, 15) is 26.7 Å². The van der Waals surface area contributed by atoms with Gasteiger partial charge in [0, 0.05) is 30.9 Å². The van der Waals surface area contributed by atoms with Gasteiger partial charge in [-0.1, -0.05) is 29.4 Å². The standard InChI is InChI=1S/C15H12F5N3O2/c16-14(17)6-10(14)5-11(24)21-7-8-1-3-9(4-2-8)12-22-13(25-23-12)15(18,19)20/h1-4,10H,5-7H2,(H,21,24). The van der Waals surface area contributed by atoms with Gasteiger partial charge in [0.15, 0.2) is 0 Å². The lowest BCUT2D eigenvalue weighted by molar-refractivity contribution is -0.159. The van der Waals surface area contributed by atoms with Crippen LogP contribution in [0.5, 0.6) is 0 Å². The first-order valence-electron chi connectivity index (χ1n) is 7.30. The van der Waals surface area contributed by atoms with E-state index in [0.717, 1.165) is 0 Å². The van der Waals surface area contributed by atoms with Crippen molar-refractivity contribution in [2.45, 2.75) is 31.5 Å². The van der Waals surface area contributed by atoms with Gasteiger partial charge in [0.2, 0.25) is 11.7 Å². The molecular weight excluding hydrogens is 349 g/mol. The van der Waals surface area contributed by atoms with Gasteiger partial charge in [-0.05, 0) is 5.56 Å². The van der Waals surface area contributed by atoms with Gasteiger partial charge in [0.25, 0.3) is 5.92 Å². The zero-order valence-corrected chi connectivity index (χ0v) is 12.6. The summed E-state index contributed by atoms with van der Waals surface area (Å²) in [5.41, 5.74) is 0.964. The van der Waals surface area contributed by atoms with Crippen molar-refractivity contribution in [3.63, 3.8) is 0 Å². The van der Waals surface area contributed by atoms with E-state index in [0.29, 0.717) is 11.1 Å². The van der Waals surface area contributed by atoms with Crippen LogP contribution in [0.3, 0.4) is 0 Å². The normalized spacial score (nSPS) is 18.8. The summed E-state index contributed by atoms with van der Waals surface area (Å²) in [5.74, 6) is -5.75. The average molecular weight is 361 g/mol. The monoisotopic (exact) mass is 361 g/mol. The maximum atomic E-state index is 12.7. The molecule has 3 rings (SSSR count). The van der Waals surface area contributed by atoms with Crippen LogP contribution in [-0.2, 0) is 17.5 Å². The Labute approximate surface area is 138 Å². The molecule has 1 aromatic carbocycles. The van der Waals surface area contributed by atoms with E-state index in [2.05, 4.69) is 20.0 Å². The third-order valence-corrected chi connectivity index (χ3v) is 3.76. The van der Waals surface area contributed by atoms with Gasteiger partial charge in [-0.2, -0.15) is 18.2 Å². The second-order valence-electron chi connectivity index (χ2n) is 5.76. The quantitative estimate of drug-likeness (QED) is 0.829. The third-order valence-electron chi connectivity index (χ3n) is 3.76. The Balaban J connectivity index is 1.55. The zero-order chi connectivity index (χ0) is 18.2. The Morgan fingerprint density at radius 3 is 2.44 bits per heavy atom. The summed E-state index contributed by atoms with van der Waals surface area (Å²) >= 11 is 0. The fourth-order valence-electron chi connectivity index (χ4n) is 2.22. The average Bonchev–Trinajstić information content (AvgIpc) is 2.94. The summed E-state index contributed by atoms with van der Waals surface area (Å²) in [6.07, 6.45) is -5.21. The molecule has 0 bridgehead atoms. The van der Waals surface area contributed by atoms with Crippen molar-refractivity contribution in [1.29, 1.82) is 0 Å². The number of hydrogen-bond acceptors (Lipinski definition) is 4. The Hall–Kier alpha value is -2.52. The van der Waals surface area contributed by atoms with Crippen LogP contribution in [0.15, 0.2) is 28.8 Å².